The van der Waals surface area contributed by atoms with Gasteiger partial charge in [0.25, 0.3) is 0 Å². The number of ether oxygens (including phenoxy) is 3. The van der Waals surface area contributed by atoms with E-state index < -0.39 is 58.2 Å². The van der Waals surface area contributed by atoms with Crippen molar-refractivity contribution in [2.45, 2.75) is 17.2 Å². The summed E-state index contributed by atoms with van der Waals surface area (Å²) in [5.74, 6) is -14.4. The summed E-state index contributed by atoms with van der Waals surface area (Å²) in [6.45, 7) is -0.118. The van der Waals surface area contributed by atoms with E-state index in [0.717, 1.165) is 33.4 Å². The number of amides is 1. The van der Waals surface area contributed by atoms with E-state index in [0.29, 0.717) is 11.5 Å². The van der Waals surface area contributed by atoms with Gasteiger partial charge in [-0.15, -0.1) is 11.8 Å². The molecule has 1 aliphatic heterocycles. The van der Waals surface area contributed by atoms with Crippen molar-refractivity contribution < 1.29 is 45.8 Å². The number of thioether (sulfide) groups is 1. The Morgan fingerprint density at radius 3 is 1.69 bits per heavy atom. The molecule has 0 fully saturated rings. The maximum atomic E-state index is 14.5. The van der Waals surface area contributed by atoms with Crippen molar-refractivity contribution in [3.8, 4) is 28.4 Å². The molecule has 2 aliphatic rings. The molecule has 6 nitrogen and oxygen atoms in total. The van der Waals surface area contributed by atoms with Crippen LogP contribution in [0.3, 0.4) is 0 Å². The first-order valence-corrected chi connectivity index (χ1v) is 16.1. The monoisotopic (exact) mass is 689 g/mol. The Morgan fingerprint density at radius 1 is 0.673 bits per heavy atom. The number of para-hydroxylation sites is 2. The molecule has 1 N–H and O–H groups in total. The van der Waals surface area contributed by atoms with Gasteiger partial charge in [-0.3, -0.25) is 0 Å². The minimum Gasteiger partial charge on any atom is -0.457 e. The van der Waals surface area contributed by atoms with Gasteiger partial charge in [-0.05, 0) is 34.4 Å². The number of halogens is 5. The highest BCUT2D eigenvalue weighted by Crippen LogP contribution is 2.49. The predicted octanol–water partition coefficient (Wildman–Crippen LogP) is 8.82. The fourth-order valence-electron chi connectivity index (χ4n) is 6.04. The minimum atomic E-state index is -2.41. The zero-order valence-electron chi connectivity index (χ0n) is 25.2. The van der Waals surface area contributed by atoms with Crippen molar-refractivity contribution in [2.75, 3.05) is 12.4 Å². The average molecular weight is 690 g/mol. The largest absolute Gasteiger partial charge is 0.457 e. The highest BCUT2D eigenvalue weighted by atomic mass is 32.2. The summed E-state index contributed by atoms with van der Waals surface area (Å²) in [5, 5.41) is 1.95. The summed E-state index contributed by atoms with van der Waals surface area (Å²) in [5.41, 5.74) is 5.35. The van der Waals surface area contributed by atoms with Crippen LogP contribution in [-0.4, -0.2) is 30.5 Å². The summed E-state index contributed by atoms with van der Waals surface area (Å²) >= 11 is 1.17. The third kappa shape index (κ3) is 5.97. The van der Waals surface area contributed by atoms with Crippen molar-refractivity contribution in [1.82, 2.24) is 5.32 Å². The van der Waals surface area contributed by atoms with Crippen molar-refractivity contribution >= 4 is 23.8 Å². The van der Waals surface area contributed by atoms with Crippen LogP contribution in [0.1, 0.15) is 33.4 Å². The second-order valence-corrected chi connectivity index (χ2v) is 12.4. The fourth-order valence-corrected chi connectivity index (χ4v) is 7.39. The molecule has 0 saturated carbocycles. The normalized spacial score (nSPS) is 13.7. The number of alkyl carbamates (subject to hydrolysis) is 1. The van der Waals surface area contributed by atoms with Crippen LogP contribution in [0, 0.1) is 29.1 Å². The van der Waals surface area contributed by atoms with Crippen molar-refractivity contribution in [1.29, 1.82) is 0 Å². The zero-order valence-corrected chi connectivity index (χ0v) is 26.0. The number of carbonyl (C=O) groups excluding carboxylic acids is 2. The van der Waals surface area contributed by atoms with Crippen LogP contribution in [0.15, 0.2) is 97.1 Å². The highest BCUT2D eigenvalue weighted by molar-refractivity contribution is 7.99. The number of benzene rings is 5. The van der Waals surface area contributed by atoms with Crippen LogP contribution in [-0.2, 0) is 9.53 Å². The first kappa shape index (κ1) is 32.2. The van der Waals surface area contributed by atoms with E-state index >= 15 is 0 Å². The number of hydrogen-bond acceptors (Lipinski definition) is 6. The molecular weight excluding hydrogens is 665 g/mol. The number of esters is 1. The summed E-state index contributed by atoms with van der Waals surface area (Å²) in [4.78, 5) is 26.6. The lowest BCUT2D eigenvalue weighted by molar-refractivity contribution is -0.136. The van der Waals surface area contributed by atoms with Gasteiger partial charge in [-0.2, -0.15) is 8.78 Å². The van der Waals surface area contributed by atoms with Gasteiger partial charge in [0.1, 0.15) is 24.1 Å². The van der Waals surface area contributed by atoms with Crippen LogP contribution in [0.25, 0.3) is 11.1 Å². The maximum absolute atomic E-state index is 14.5. The summed E-state index contributed by atoms with van der Waals surface area (Å²) < 4.78 is 86.9. The molecule has 1 heterocycles. The van der Waals surface area contributed by atoms with E-state index in [-0.39, 0.29) is 18.3 Å². The molecule has 0 unspecified atom stereocenters. The first-order valence-electron chi connectivity index (χ1n) is 15.0. The molecule has 1 amide bonds. The van der Waals surface area contributed by atoms with Gasteiger partial charge in [-0.1, -0.05) is 84.9 Å². The lowest BCUT2D eigenvalue weighted by Crippen LogP contribution is -2.45. The molecule has 0 spiro atoms. The molecule has 49 heavy (non-hydrogen) atoms. The summed E-state index contributed by atoms with van der Waals surface area (Å²) in [6.07, 6.45) is -1.06. The zero-order chi connectivity index (χ0) is 34.2. The predicted molar refractivity (Wildman–Crippen MR) is 171 cm³/mol. The number of carbonyl (C=O) groups is 2. The second-order valence-electron chi connectivity index (χ2n) is 11.2. The molecule has 0 bridgehead atoms. The Bertz CT molecular complexity index is 1990. The molecule has 0 radical (unpaired) electrons. The molecule has 5 aromatic rings. The topological polar surface area (TPSA) is 73.9 Å². The van der Waals surface area contributed by atoms with Gasteiger partial charge in [0.15, 0.2) is 0 Å². The van der Waals surface area contributed by atoms with Crippen molar-refractivity contribution in [2.24, 2.45) is 0 Å². The van der Waals surface area contributed by atoms with Crippen LogP contribution in [0.5, 0.6) is 17.2 Å². The SMILES string of the molecule is O=C(N[C@H](CSC1c2ccccc2Oc2ccccc21)C(=O)Oc1c(F)c(F)c(F)c(F)c1F)OCC1c2ccccc2-c2ccccc21. The van der Waals surface area contributed by atoms with E-state index in [1.54, 1.807) is 36.4 Å². The van der Waals surface area contributed by atoms with Crippen LogP contribution >= 0.6 is 11.8 Å². The minimum absolute atomic E-state index is 0.118. The third-order valence-corrected chi connectivity index (χ3v) is 9.71. The van der Waals surface area contributed by atoms with Gasteiger partial charge in [0, 0.05) is 22.8 Å². The third-order valence-electron chi connectivity index (χ3n) is 8.34. The molecule has 1 aliphatic carbocycles. The number of nitrogens with one attached hydrogen (secondary N) is 1. The quantitative estimate of drug-likeness (QED) is 0.0577. The Labute approximate surface area is 280 Å². The van der Waals surface area contributed by atoms with E-state index in [4.69, 9.17) is 14.2 Å². The van der Waals surface area contributed by atoms with Gasteiger partial charge in [0.2, 0.25) is 34.8 Å². The summed E-state index contributed by atoms with van der Waals surface area (Å²) in [6, 6.07) is 28.0. The number of rotatable bonds is 8. The van der Waals surface area contributed by atoms with Gasteiger partial charge in [0.05, 0.1) is 5.25 Å². The maximum Gasteiger partial charge on any atom is 0.407 e. The standard InChI is InChI=1S/C37H24F5NO5S/c38-29-30(39)32(41)34(33(42)31(29)40)48-36(44)26(18-49-35-23-13-5-7-15-27(23)47-28-16-8-6-14-24(28)35)43-37(45)46-17-25-21-11-3-1-9-19(21)20-10-2-4-12-22(20)25/h1-16,25-26,35H,17-18H2,(H,43,45)/t26-/m1/s1. The molecule has 7 rings (SSSR count). The Balaban J connectivity index is 1.14. The van der Waals surface area contributed by atoms with E-state index in [1.165, 1.54) is 11.8 Å². The summed E-state index contributed by atoms with van der Waals surface area (Å²) in [7, 11) is 0. The van der Waals surface area contributed by atoms with E-state index in [9.17, 15) is 31.5 Å². The van der Waals surface area contributed by atoms with Crippen molar-refractivity contribution in [3.05, 3.63) is 148 Å². The molecule has 0 saturated heterocycles. The lowest BCUT2D eigenvalue weighted by atomic mass is 9.98. The fraction of sp³-hybridized carbons (Fsp3) is 0.135. The molecule has 1 atom stereocenters. The smallest absolute Gasteiger partial charge is 0.407 e. The Morgan fingerprint density at radius 2 is 1.14 bits per heavy atom. The van der Waals surface area contributed by atoms with Crippen LogP contribution < -0.4 is 14.8 Å². The van der Waals surface area contributed by atoms with E-state index in [1.807, 2.05) is 60.7 Å². The Hall–Kier alpha value is -5.36. The average Bonchev–Trinajstić information content (AvgIpc) is 3.45. The van der Waals surface area contributed by atoms with Gasteiger partial charge in [-0.25, -0.2) is 22.8 Å². The molecule has 248 valence electrons. The van der Waals surface area contributed by atoms with Crippen molar-refractivity contribution in [3.63, 3.8) is 0 Å². The highest BCUT2D eigenvalue weighted by Gasteiger charge is 2.35. The van der Waals surface area contributed by atoms with Crippen LogP contribution in [0.2, 0.25) is 0 Å². The van der Waals surface area contributed by atoms with E-state index in [2.05, 4.69) is 5.32 Å². The molecule has 12 heteroatoms. The molecule has 5 aromatic carbocycles. The number of fused-ring (bicyclic) bond motifs is 5. The molecular formula is C37H24F5NO5S. The first-order chi connectivity index (χ1) is 23.7. The lowest BCUT2D eigenvalue weighted by Gasteiger charge is -2.29. The number of hydrogen-bond donors (Lipinski definition) is 1. The van der Waals surface area contributed by atoms with Gasteiger partial charge < -0.3 is 19.5 Å². The molecule has 0 aromatic heterocycles. The van der Waals surface area contributed by atoms with Gasteiger partial charge >= 0.3 is 12.1 Å². The van der Waals surface area contributed by atoms with Crippen LogP contribution in [0.4, 0.5) is 26.7 Å². The Kier molecular flexibility index (Phi) is 8.72. The second kappa shape index (κ2) is 13.3.